The molecule has 1 aliphatic rings. The van der Waals surface area contributed by atoms with E-state index in [-0.39, 0.29) is 18.0 Å². The summed E-state index contributed by atoms with van der Waals surface area (Å²) in [4.78, 5) is 12.2. The van der Waals surface area contributed by atoms with Gasteiger partial charge < -0.3 is 4.74 Å². The van der Waals surface area contributed by atoms with E-state index >= 15 is 0 Å². The highest BCUT2D eigenvalue weighted by Crippen LogP contribution is 2.31. The summed E-state index contributed by atoms with van der Waals surface area (Å²) in [6.45, 7) is 2.20. The first-order chi connectivity index (χ1) is 10.2. The molecule has 0 saturated carbocycles. The van der Waals surface area contributed by atoms with E-state index in [1.807, 2.05) is 12.1 Å². The van der Waals surface area contributed by atoms with Crippen molar-refractivity contribution >= 4 is 5.97 Å². The van der Waals surface area contributed by atoms with Gasteiger partial charge in [-0.2, -0.15) is 5.26 Å². The van der Waals surface area contributed by atoms with Crippen molar-refractivity contribution in [1.82, 2.24) is 0 Å². The highest BCUT2D eigenvalue weighted by Gasteiger charge is 2.30. The van der Waals surface area contributed by atoms with Gasteiger partial charge in [0.25, 0.3) is 0 Å². The molecule has 0 aliphatic carbocycles. The van der Waals surface area contributed by atoms with E-state index in [1.54, 1.807) is 12.1 Å². The number of hydrogen-bond acceptors (Lipinski definition) is 3. The molecule has 0 aromatic heterocycles. The third-order valence-electron chi connectivity index (χ3n) is 4.17. The van der Waals surface area contributed by atoms with E-state index in [0.717, 1.165) is 31.2 Å². The number of carbonyl (C=O) groups is 1. The molecule has 1 aromatic rings. The number of carbonyl (C=O) groups excluding carboxylic acids is 1. The summed E-state index contributed by atoms with van der Waals surface area (Å²) < 4.78 is 5.59. The Morgan fingerprint density at radius 3 is 2.57 bits per heavy atom. The zero-order valence-corrected chi connectivity index (χ0v) is 12.7. The van der Waals surface area contributed by atoms with Gasteiger partial charge in [0, 0.05) is 0 Å². The molecule has 0 radical (unpaired) electrons. The van der Waals surface area contributed by atoms with Crippen LogP contribution in [-0.4, -0.2) is 12.1 Å². The number of hydrogen-bond donors (Lipinski definition) is 0. The minimum absolute atomic E-state index is 0.101. The monoisotopic (exact) mass is 285 g/mol. The maximum atomic E-state index is 12.2. The molecule has 2 unspecified atom stereocenters. The fourth-order valence-corrected chi connectivity index (χ4v) is 2.87. The highest BCUT2D eigenvalue weighted by atomic mass is 16.5. The van der Waals surface area contributed by atoms with Crippen LogP contribution >= 0.6 is 0 Å². The number of ether oxygens (including phenoxy) is 1. The maximum Gasteiger partial charge on any atom is 0.313 e. The Balaban J connectivity index is 1.86. The number of benzene rings is 1. The number of esters is 1. The maximum absolute atomic E-state index is 12.2. The Labute approximate surface area is 126 Å². The third-order valence-corrected chi connectivity index (χ3v) is 4.17. The summed E-state index contributed by atoms with van der Waals surface area (Å²) in [7, 11) is 0. The Bertz CT molecular complexity index is 501. The lowest BCUT2D eigenvalue weighted by atomic mass is 9.89. The molecule has 3 heteroatoms. The molecule has 1 fully saturated rings. The van der Waals surface area contributed by atoms with E-state index in [9.17, 15) is 4.79 Å². The van der Waals surface area contributed by atoms with Crippen molar-refractivity contribution in [2.75, 3.05) is 0 Å². The fourth-order valence-electron chi connectivity index (χ4n) is 2.87. The van der Waals surface area contributed by atoms with Gasteiger partial charge in [-0.25, -0.2) is 0 Å². The van der Waals surface area contributed by atoms with Crippen LogP contribution in [0.15, 0.2) is 24.3 Å². The highest BCUT2D eigenvalue weighted by molar-refractivity contribution is 5.79. The molecule has 0 spiro atoms. The molecule has 2 rings (SSSR count). The SMILES string of the molecule is CCCCCCC1CCC(c2ccc(C#N)cc2)C(=O)O1. The minimum Gasteiger partial charge on any atom is -0.462 e. The Morgan fingerprint density at radius 1 is 1.19 bits per heavy atom. The van der Waals surface area contributed by atoms with Crippen molar-refractivity contribution in [3.63, 3.8) is 0 Å². The van der Waals surface area contributed by atoms with Crippen molar-refractivity contribution in [3.8, 4) is 6.07 Å². The van der Waals surface area contributed by atoms with Gasteiger partial charge in [0.1, 0.15) is 6.10 Å². The van der Waals surface area contributed by atoms with Crippen molar-refractivity contribution in [2.24, 2.45) is 0 Å². The quantitative estimate of drug-likeness (QED) is 0.578. The third kappa shape index (κ3) is 4.32. The molecule has 112 valence electrons. The molecule has 0 bridgehead atoms. The second-order valence-electron chi connectivity index (χ2n) is 5.77. The molecule has 1 heterocycles. The summed E-state index contributed by atoms with van der Waals surface area (Å²) in [6, 6.07) is 9.35. The molecule has 0 N–H and O–H groups in total. The van der Waals surface area contributed by atoms with Crippen molar-refractivity contribution < 1.29 is 9.53 Å². The first-order valence-corrected chi connectivity index (χ1v) is 7.95. The van der Waals surface area contributed by atoms with E-state index in [1.165, 1.54) is 19.3 Å². The molecular weight excluding hydrogens is 262 g/mol. The van der Waals surface area contributed by atoms with Gasteiger partial charge in [0.15, 0.2) is 0 Å². The molecule has 0 amide bonds. The Kier molecular flexibility index (Phi) is 5.80. The van der Waals surface area contributed by atoms with Gasteiger partial charge in [0.05, 0.1) is 17.6 Å². The van der Waals surface area contributed by atoms with Crippen molar-refractivity contribution in [2.45, 2.75) is 63.9 Å². The number of rotatable bonds is 6. The lowest BCUT2D eigenvalue weighted by Crippen LogP contribution is -2.29. The van der Waals surface area contributed by atoms with Crippen molar-refractivity contribution in [3.05, 3.63) is 35.4 Å². The normalized spacial score (nSPS) is 21.6. The first-order valence-electron chi connectivity index (χ1n) is 7.95. The number of unbranched alkanes of at least 4 members (excludes halogenated alkanes) is 3. The van der Waals surface area contributed by atoms with Crippen LogP contribution < -0.4 is 0 Å². The van der Waals surface area contributed by atoms with Crippen LogP contribution in [0.25, 0.3) is 0 Å². The summed E-state index contributed by atoms with van der Waals surface area (Å²) in [6.07, 6.45) is 7.75. The van der Waals surface area contributed by atoms with E-state index in [0.29, 0.717) is 5.56 Å². The molecule has 2 atom stereocenters. The van der Waals surface area contributed by atoms with Gasteiger partial charge in [-0.3, -0.25) is 4.79 Å². The summed E-state index contributed by atoms with van der Waals surface area (Å²) in [5.74, 6) is -0.268. The van der Waals surface area contributed by atoms with Crippen LogP contribution in [0.2, 0.25) is 0 Å². The van der Waals surface area contributed by atoms with Crippen LogP contribution in [0.3, 0.4) is 0 Å². The zero-order valence-electron chi connectivity index (χ0n) is 12.7. The second-order valence-corrected chi connectivity index (χ2v) is 5.77. The lowest BCUT2D eigenvalue weighted by molar-refractivity contribution is -0.156. The summed E-state index contributed by atoms with van der Waals surface area (Å²) in [5.41, 5.74) is 1.58. The number of cyclic esters (lactones) is 1. The molecular formula is C18H23NO2. The lowest BCUT2D eigenvalue weighted by Gasteiger charge is -2.28. The Hall–Kier alpha value is -1.82. The molecule has 1 aliphatic heterocycles. The topological polar surface area (TPSA) is 50.1 Å². The van der Waals surface area contributed by atoms with Gasteiger partial charge in [-0.1, -0.05) is 38.3 Å². The predicted molar refractivity (Wildman–Crippen MR) is 81.8 cm³/mol. The van der Waals surface area contributed by atoms with Gasteiger partial charge >= 0.3 is 5.97 Å². The average Bonchev–Trinajstić information content (AvgIpc) is 2.52. The van der Waals surface area contributed by atoms with E-state index in [4.69, 9.17) is 10.00 Å². The van der Waals surface area contributed by atoms with Gasteiger partial charge in [-0.05, 0) is 43.4 Å². The Morgan fingerprint density at radius 2 is 1.95 bits per heavy atom. The zero-order chi connectivity index (χ0) is 15.1. The molecule has 21 heavy (non-hydrogen) atoms. The van der Waals surface area contributed by atoms with Crippen LogP contribution in [0, 0.1) is 11.3 Å². The standard InChI is InChI=1S/C18H23NO2/c1-2-3-4-5-6-16-11-12-17(18(20)21-16)15-9-7-14(13-19)8-10-15/h7-10,16-17H,2-6,11-12H2,1H3. The second kappa shape index (κ2) is 7.83. The number of nitriles is 1. The average molecular weight is 285 g/mol. The van der Waals surface area contributed by atoms with Crippen molar-refractivity contribution in [1.29, 1.82) is 5.26 Å². The summed E-state index contributed by atoms with van der Waals surface area (Å²) >= 11 is 0. The largest absolute Gasteiger partial charge is 0.462 e. The van der Waals surface area contributed by atoms with Crippen LogP contribution in [0.4, 0.5) is 0 Å². The van der Waals surface area contributed by atoms with E-state index in [2.05, 4.69) is 13.0 Å². The molecule has 3 nitrogen and oxygen atoms in total. The van der Waals surface area contributed by atoms with Crippen LogP contribution in [-0.2, 0) is 9.53 Å². The van der Waals surface area contributed by atoms with Gasteiger partial charge in [-0.15, -0.1) is 0 Å². The number of nitrogens with zero attached hydrogens (tertiary/aromatic N) is 1. The van der Waals surface area contributed by atoms with Crippen LogP contribution in [0.1, 0.15) is 68.9 Å². The predicted octanol–water partition coefficient (Wildman–Crippen LogP) is 4.32. The fraction of sp³-hybridized carbons (Fsp3) is 0.556. The smallest absolute Gasteiger partial charge is 0.313 e. The van der Waals surface area contributed by atoms with Crippen LogP contribution in [0.5, 0.6) is 0 Å². The summed E-state index contributed by atoms with van der Waals surface area (Å²) in [5, 5.41) is 8.80. The molecule has 1 saturated heterocycles. The molecule has 1 aromatic carbocycles. The minimum atomic E-state index is -0.162. The first kappa shape index (κ1) is 15.6. The van der Waals surface area contributed by atoms with E-state index < -0.39 is 0 Å². The van der Waals surface area contributed by atoms with Gasteiger partial charge in [0.2, 0.25) is 0 Å².